The summed E-state index contributed by atoms with van der Waals surface area (Å²) in [4.78, 5) is 26.3. The van der Waals surface area contributed by atoms with Gasteiger partial charge in [-0.2, -0.15) is 8.42 Å². The van der Waals surface area contributed by atoms with Gasteiger partial charge in [0.25, 0.3) is 11.1 Å². The number of amides is 2. The van der Waals surface area contributed by atoms with Gasteiger partial charge in [0.15, 0.2) is 0 Å². The minimum absolute atomic E-state index is 0.00739. The fourth-order valence-corrected chi connectivity index (χ4v) is 5.17. The van der Waals surface area contributed by atoms with Crippen molar-refractivity contribution in [3.05, 3.63) is 99.2 Å². The first-order chi connectivity index (χ1) is 16.2. The minimum atomic E-state index is -4.13. The Morgan fingerprint density at radius 1 is 1.03 bits per heavy atom. The molecule has 174 valence electrons. The fraction of sp³-hybridized carbons (Fsp3) is 0.0833. The molecule has 0 aliphatic carbocycles. The van der Waals surface area contributed by atoms with Gasteiger partial charge in [0.2, 0.25) is 0 Å². The highest BCUT2D eigenvalue weighted by Crippen LogP contribution is 2.36. The van der Waals surface area contributed by atoms with Crippen molar-refractivity contribution in [1.29, 1.82) is 0 Å². The van der Waals surface area contributed by atoms with E-state index in [9.17, 15) is 22.4 Å². The van der Waals surface area contributed by atoms with Crippen LogP contribution in [0.25, 0.3) is 6.08 Å². The Morgan fingerprint density at radius 3 is 2.44 bits per heavy atom. The molecule has 3 aromatic carbocycles. The Morgan fingerprint density at radius 2 is 1.74 bits per heavy atom. The van der Waals surface area contributed by atoms with E-state index in [1.807, 2.05) is 6.92 Å². The summed E-state index contributed by atoms with van der Waals surface area (Å²) in [5.41, 5.74) is 1.21. The zero-order valence-electron chi connectivity index (χ0n) is 17.7. The van der Waals surface area contributed by atoms with Crippen molar-refractivity contribution in [2.45, 2.75) is 18.4 Å². The largest absolute Gasteiger partial charge is 0.378 e. The van der Waals surface area contributed by atoms with E-state index in [1.54, 1.807) is 30.3 Å². The first kappa shape index (κ1) is 24.0. The lowest BCUT2D eigenvalue weighted by molar-refractivity contribution is -0.123. The van der Waals surface area contributed by atoms with Crippen LogP contribution >= 0.6 is 23.4 Å². The molecular formula is C24H17ClFNO5S2. The monoisotopic (exact) mass is 517 g/mol. The molecule has 1 fully saturated rings. The van der Waals surface area contributed by atoms with Gasteiger partial charge in [-0.25, -0.2) is 4.39 Å². The van der Waals surface area contributed by atoms with E-state index < -0.39 is 27.1 Å². The highest BCUT2D eigenvalue weighted by Gasteiger charge is 2.36. The quantitative estimate of drug-likeness (QED) is 0.304. The second kappa shape index (κ2) is 9.61. The van der Waals surface area contributed by atoms with Crippen LogP contribution in [0.4, 0.5) is 9.18 Å². The van der Waals surface area contributed by atoms with Crippen LogP contribution in [-0.4, -0.2) is 24.5 Å². The smallest absolute Gasteiger partial charge is 0.339 e. The number of para-hydroxylation sites is 1. The number of carbonyl (C=O) groups is 2. The molecule has 0 spiro atoms. The van der Waals surface area contributed by atoms with Gasteiger partial charge in [0.05, 0.1) is 11.4 Å². The third-order valence-corrected chi connectivity index (χ3v) is 7.48. The molecule has 1 aliphatic rings. The van der Waals surface area contributed by atoms with E-state index in [-0.39, 0.29) is 38.2 Å². The van der Waals surface area contributed by atoms with Gasteiger partial charge in [0.1, 0.15) is 16.5 Å². The lowest BCUT2D eigenvalue weighted by Gasteiger charge is -2.14. The summed E-state index contributed by atoms with van der Waals surface area (Å²) in [6, 6.07) is 16.5. The fourth-order valence-electron chi connectivity index (χ4n) is 3.17. The van der Waals surface area contributed by atoms with Crippen molar-refractivity contribution in [3.8, 4) is 5.75 Å². The second-order valence-corrected chi connectivity index (χ2v) is 10.3. The van der Waals surface area contributed by atoms with Crippen LogP contribution < -0.4 is 4.18 Å². The van der Waals surface area contributed by atoms with Gasteiger partial charge >= 0.3 is 10.1 Å². The van der Waals surface area contributed by atoms with Crippen LogP contribution in [0.2, 0.25) is 5.02 Å². The SMILES string of the molecule is Cc1ccc(S(=O)(=O)Oc2ccccc2/C=C2\SC(=O)N(Cc3c(F)cccc3Cl)C2=O)cc1. The third-order valence-electron chi connectivity index (χ3n) is 4.97. The number of aryl methyl sites for hydroxylation is 1. The summed E-state index contributed by atoms with van der Waals surface area (Å²) in [6.45, 7) is 1.51. The standard InChI is InChI=1S/C24H17ClFNO5S2/c1-15-9-11-17(12-10-15)34(30,31)32-21-8-3-2-5-16(21)13-22-23(28)27(24(29)33-22)14-18-19(25)6-4-7-20(18)26/h2-13H,14H2,1H3/b22-13-. The number of benzene rings is 3. The summed E-state index contributed by atoms with van der Waals surface area (Å²) < 4.78 is 44.9. The Hall–Kier alpha value is -3.14. The van der Waals surface area contributed by atoms with E-state index in [1.165, 1.54) is 42.5 Å². The molecule has 0 bridgehead atoms. The van der Waals surface area contributed by atoms with E-state index in [2.05, 4.69) is 0 Å². The molecule has 1 aliphatic heterocycles. The molecule has 0 saturated carbocycles. The number of hydrogen-bond acceptors (Lipinski definition) is 6. The molecule has 6 nitrogen and oxygen atoms in total. The minimum Gasteiger partial charge on any atom is -0.378 e. The molecule has 2 amide bonds. The number of carbonyl (C=O) groups excluding carboxylic acids is 2. The molecule has 0 aromatic heterocycles. The van der Waals surface area contributed by atoms with Gasteiger partial charge in [-0.1, -0.05) is 53.6 Å². The summed E-state index contributed by atoms with van der Waals surface area (Å²) in [5, 5.41) is -0.496. The first-order valence-electron chi connectivity index (χ1n) is 9.94. The lowest BCUT2D eigenvalue weighted by Crippen LogP contribution is -2.28. The predicted molar refractivity (Wildman–Crippen MR) is 128 cm³/mol. The zero-order chi connectivity index (χ0) is 24.5. The molecule has 34 heavy (non-hydrogen) atoms. The normalized spacial score (nSPS) is 15.3. The second-order valence-electron chi connectivity index (χ2n) is 7.36. The number of nitrogens with zero attached hydrogens (tertiary/aromatic N) is 1. The van der Waals surface area contributed by atoms with Crippen LogP contribution in [0.5, 0.6) is 5.75 Å². The zero-order valence-corrected chi connectivity index (χ0v) is 20.1. The molecule has 1 heterocycles. The number of hydrogen-bond donors (Lipinski definition) is 0. The number of halogens is 2. The Bertz CT molecular complexity index is 1400. The van der Waals surface area contributed by atoms with Gasteiger partial charge in [0, 0.05) is 16.1 Å². The molecule has 3 aromatic rings. The predicted octanol–water partition coefficient (Wildman–Crippen LogP) is 5.79. The van der Waals surface area contributed by atoms with Gasteiger partial charge in [-0.05, 0) is 55.1 Å². The third kappa shape index (κ3) is 5.01. The van der Waals surface area contributed by atoms with E-state index in [0.717, 1.165) is 10.5 Å². The molecule has 0 unspecified atom stereocenters. The van der Waals surface area contributed by atoms with Gasteiger partial charge < -0.3 is 4.18 Å². The van der Waals surface area contributed by atoms with E-state index in [4.69, 9.17) is 15.8 Å². The highest BCUT2D eigenvalue weighted by molar-refractivity contribution is 8.18. The number of imide groups is 1. The Labute approximate surface area is 205 Å². The first-order valence-corrected chi connectivity index (χ1v) is 12.5. The van der Waals surface area contributed by atoms with Crippen molar-refractivity contribution >= 4 is 50.7 Å². The summed E-state index contributed by atoms with van der Waals surface area (Å²) >= 11 is 6.69. The number of thioether (sulfide) groups is 1. The van der Waals surface area contributed by atoms with Crippen molar-refractivity contribution in [1.82, 2.24) is 4.90 Å². The average molecular weight is 518 g/mol. The topological polar surface area (TPSA) is 80.8 Å². The van der Waals surface area contributed by atoms with Crippen LogP contribution in [0.15, 0.2) is 76.5 Å². The molecule has 0 N–H and O–H groups in total. The van der Waals surface area contributed by atoms with Crippen LogP contribution in [0.1, 0.15) is 16.7 Å². The molecule has 0 atom stereocenters. The maximum Gasteiger partial charge on any atom is 0.339 e. The summed E-state index contributed by atoms with van der Waals surface area (Å²) in [7, 11) is -4.13. The molecule has 1 saturated heterocycles. The van der Waals surface area contributed by atoms with Crippen molar-refractivity contribution < 1.29 is 26.6 Å². The molecule has 4 rings (SSSR count). The van der Waals surface area contributed by atoms with E-state index >= 15 is 0 Å². The van der Waals surface area contributed by atoms with E-state index in [0.29, 0.717) is 11.8 Å². The summed E-state index contributed by atoms with van der Waals surface area (Å²) in [6.07, 6.45) is 1.37. The van der Waals surface area contributed by atoms with Gasteiger partial charge in [-0.15, -0.1) is 0 Å². The molecule has 10 heteroatoms. The van der Waals surface area contributed by atoms with Crippen LogP contribution in [0, 0.1) is 12.7 Å². The van der Waals surface area contributed by atoms with Gasteiger partial charge in [-0.3, -0.25) is 14.5 Å². The Balaban J connectivity index is 1.61. The molecular weight excluding hydrogens is 501 g/mol. The van der Waals surface area contributed by atoms with Crippen LogP contribution in [0.3, 0.4) is 0 Å². The Kier molecular flexibility index (Phi) is 6.79. The van der Waals surface area contributed by atoms with Crippen molar-refractivity contribution in [2.24, 2.45) is 0 Å². The molecule has 0 radical (unpaired) electrons. The maximum absolute atomic E-state index is 14.1. The number of rotatable bonds is 6. The van der Waals surface area contributed by atoms with Crippen LogP contribution in [-0.2, 0) is 21.5 Å². The van der Waals surface area contributed by atoms with Crippen molar-refractivity contribution in [3.63, 3.8) is 0 Å². The average Bonchev–Trinajstić information content (AvgIpc) is 3.05. The summed E-state index contributed by atoms with van der Waals surface area (Å²) in [5.74, 6) is -1.28. The lowest BCUT2D eigenvalue weighted by atomic mass is 10.1. The highest BCUT2D eigenvalue weighted by atomic mass is 35.5. The maximum atomic E-state index is 14.1. The van der Waals surface area contributed by atoms with Crippen molar-refractivity contribution in [2.75, 3.05) is 0 Å².